The predicted molar refractivity (Wildman–Crippen MR) is 117 cm³/mol. The van der Waals surface area contributed by atoms with Crippen molar-refractivity contribution in [3.63, 3.8) is 0 Å². The summed E-state index contributed by atoms with van der Waals surface area (Å²) in [5.74, 6) is 0.425. The van der Waals surface area contributed by atoms with Gasteiger partial charge in [0.15, 0.2) is 11.5 Å². The number of rotatable bonds is 9. The fourth-order valence-corrected chi connectivity index (χ4v) is 3.22. The summed E-state index contributed by atoms with van der Waals surface area (Å²) in [5.41, 5.74) is 3.18. The minimum Gasteiger partial charge on any atom is -0.490 e. The van der Waals surface area contributed by atoms with Gasteiger partial charge < -0.3 is 19.9 Å². The van der Waals surface area contributed by atoms with Crippen LogP contribution in [0.15, 0.2) is 71.2 Å². The van der Waals surface area contributed by atoms with E-state index in [1.54, 1.807) is 24.3 Å². The summed E-state index contributed by atoms with van der Waals surface area (Å²) in [6.45, 7) is 3.48. The highest BCUT2D eigenvalue weighted by atomic mass is 79.9. The Labute approximate surface area is 178 Å². The Kier molecular flexibility index (Phi) is 7.14. The molecule has 3 aromatic carbocycles. The molecule has 0 heterocycles. The maximum Gasteiger partial charge on any atom is 0.335 e. The van der Waals surface area contributed by atoms with Crippen LogP contribution < -0.4 is 14.8 Å². The summed E-state index contributed by atoms with van der Waals surface area (Å²) in [6.07, 6.45) is 0. The first-order valence-corrected chi connectivity index (χ1v) is 10.0. The van der Waals surface area contributed by atoms with E-state index in [4.69, 9.17) is 14.6 Å². The van der Waals surface area contributed by atoms with Gasteiger partial charge in [0.1, 0.15) is 6.61 Å². The van der Waals surface area contributed by atoms with Crippen LogP contribution in [0.4, 0.5) is 5.69 Å². The number of hydrogen-bond donors (Lipinski definition) is 2. The van der Waals surface area contributed by atoms with Gasteiger partial charge in [-0.05, 0) is 54.4 Å². The normalized spacial score (nSPS) is 10.4. The second-order valence-electron chi connectivity index (χ2n) is 6.33. The molecule has 0 radical (unpaired) electrons. The number of hydrogen-bond acceptors (Lipinski definition) is 4. The lowest BCUT2D eigenvalue weighted by Gasteiger charge is -2.16. The molecular formula is C23H22BrNO4. The van der Waals surface area contributed by atoms with Crippen molar-refractivity contribution >= 4 is 27.6 Å². The van der Waals surface area contributed by atoms with Gasteiger partial charge in [-0.25, -0.2) is 4.79 Å². The SMILES string of the molecule is CCOc1cc(CNc2ccc(C(=O)O)cc2)c(Br)cc1OCc1ccccc1. The molecule has 150 valence electrons. The van der Waals surface area contributed by atoms with Crippen LogP contribution >= 0.6 is 15.9 Å². The number of ether oxygens (including phenoxy) is 2. The fourth-order valence-electron chi connectivity index (χ4n) is 2.76. The number of carbonyl (C=O) groups is 1. The van der Waals surface area contributed by atoms with Crippen molar-refractivity contribution in [2.45, 2.75) is 20.1 Å². The summed E-state index contributed by atoms with van der Waals surface area (Å²) in [6, 6.07) is 20.5. The van der Waals surface area contributed by atoms with Crippen LogP contribution in [-0.2, 0) is 13.2 Å². The lowest BCUT2D eigenvalue weighted by Crippen LogP contribution is -2.04. The summed E-state index contributed by atoms with van der Waals surface area (Å²) in [7, 11) is 0. The Morgan fingerprint density at radius 2 is 1.69 bits per heavy atom. The molecule has 0 aromatic heterocycles. The highest BCUT2D eigenvalue weighted by molar-refractivity contribution is 9.10. The van der Waals surface area contributed by atoms with Crippen molar-refractivity contribution in [1.82, 2.24) is 0 Å². The Morgan fingerprint density at radius 3 is 2.34 bits per heavy atom. The highest BCUT2D eigenvalue weighted by Gasteiger charge is 2.12. The Hall–Kier alpha value is -2.99. The van der Waals surface area contributed by atoms with Crippen molar-refractivity contribution in [2.24, 2.45) is 0 Å². The van der Waals surface area contributed by atoms with Crippen LogP contribution in [0.2, 0.25) is 0 Å². The van der Waals surface area contributed by atoms with Gasteiger partial charge in [0.25, 0.3) is 0 Å². The molecule has 0 aliphatic carbocycles. The molecule has 0 atom stereocenters. The molecule has 0 aliphatic rings. The molecule has 29 heavy (non-hydrogen) atoms. The van der Waals surface area contributed by atoms with Gasteiger partial charge in [0.05, 0.1) is 12.2 Å². The second-order valence-corrected chi connectivity index (χ2v) is 7.19. The van der Waals surface area contributed by atoms with Crippen molar-refractivity contribution in [3.8, 4) is 11.5 Å². The number of anilines is 1. The van der Waals surface area contributed by atoms with Crippen LogP contribution in [-0.4, -0.2) is 17.7 Å². The molecule has 0 saturated heterocycles. The average Bonchev–Trinajstić information content (AvgIpc) is 2.74. The second kappa shape index (κ2) is 9.98. The van der Waals surface area contributed by atoms with E-state index in [-0.39, 0.29) is 5.56 Å². The van der Waals surface area contributed by atoms with Gasteiger partial charge in [-0.3, -0.25) is 0 Å². The molecular weight excluding hydrogens is 434 g/mol. The predicted octanol–water partition coefficient (Wildman–Crippen LogP) is 5.74. The van der Waals surface area contributed by atoms with Gasteiger partial charge in [0, 0.05) is 16.7 Å². The van der Waals surface area contributed by atoms with Crippen molar-refractivity contribution in [3.05, 3.63) is 87.9 Å². The van der Waals surface area contributed by atoms with Crippen LogP contribution in [0, 0.1) is 0 Å². The van der Waals surface area contributed by atoms with E-state index in [9.17, 15) is 4.79 Å². The molecule has 0 bridgehead atoms. The molecule has 0 amide bonds. The molecule has 0 aliphatic heterocycles. The lowest BCUT2D eigenvalue weighted by molar-refractivity contribution is 0.0697. The van der Waals surface area contributed by atoms with Gasteiger partial charge in [-0.15, -0.1) is 0 Å². The smallest absolute Gasteiger partial charge is 0.335 e. The van der Waals surface area contributed by atoms with E-state index in [2.05, 4.69) is 21.2 Å². The van der Waals surface area contributed by atoms with Crippen LogP contribution in [0.3, 0.4) is 0 Å². The van der Waals surface area contributed by atoms with Gasteiger partial charge in [-0.1, -0.05) is 46.3 Å². The zero-order valence-corrected chi connectivity index (χ0v) is 17.6. The molecule has 3 rings (SSSR count). The van der Waals surface area contributed by atoms with Crippen LogP contribution in [0.1, 0.15) is 28.4 Å². The van der Waals surface area contributed by atoms with Gasteiger partial charge >= 0.3 is 5.97 Å². The zero-order valence-electron chi connectivity index (χ0n) is 16.0. The minimum absolute atomic E-state index is 0.260. The molecule has 0 fully saturated rings. The van der Waals surface area contributed by atoms with Gasteiger partial charge in [-0.2, -0.15) is 0 Å². The standard InChI is InChI=1S/C23H22BrNO4/c1-2-28-21-12-18(14-25-19-10-8-17(9-11-19)23(26)27)20(24)13-22(21)29-15-16-6-4-3-5-7-16/h3-13,25H,2,14-15H2,1H3,(H,26,27). The number of carboxylic acids is 1. The Bertz CT molecular complexity index is 959. The maximum atomic E-state index is 11.0. The summed E-state index contributed by atoms with van der Waals surface area (Å²) in [4.78, 5) is 11.0. The minimum atomic E-state index is -0.938. The third-order valence-electron chi connectivity index (χ3n) is 4.26. The van der Waals surface area contributed by atoms with Crippen LogP contribution in [0.25, 0.3) is 0 Å². The van der Waals surface area contributed by atoms with Crippen LogP contribution in [0.5, 0.6) is 11.5 Å². The summed E-state index contributed by atoms with van der Waals surface area (Å²) < 4.78 is 12.7. The lowest BCUT2D eigenvalue weighted by atomic mass is 10.1. The monoisotopic (exact) mass is 455 g/mol. The quantitative estimate of drug-likeness (QED) is 0.430. The van der Waals surface area contributed by atoms with Crippen molar-refractivity contribution < 1.29 is 19.4 Å². The summed E-state index contributed by atoms with van der Waals surface area (Å²) >= 11 is 3.61. The number of benzene rings is 3. The van der Waals surface area contributed by atoms with E-state index in [1.807, 2.05) is 49.4 Å². The topological polar surface area (TPSA) is 67.8 Å². The number of carboxylic acid groups (broad SMARTS) is 1. The van der Waals surface area contributed by atoms with Gasteiger partial charge in [0.2, 0.25) is 0 Å². The van der Waals surface area contributed by atoms with E-state index < -0.39 is 5.97 Å². The van der Waals surface area contributed by atoms with E-state index >= 15 is 0 Å². The largest absolute Gasteiger partial charge is 0.490 e. The average molecular weight is 456 g/mol. The number of aromatic carboxylic acids is 1. The zero-order chi connectivity index (χ0) is 20.6. The first-order valence-electron chi connectivity index (χ1n) is 9.26. The Balaban J connectivity index is 1.71. The fraction of sp³-hybridized carbons (Fsp3) is 0.174. The molecule has 0 unspecified atom stereocenters. The third kappa shape index (κ3) is 5.74. The molecule has 0 saturated carbocycles. The molecule has 2 N–H and O–H groups in total. The molecule has 6 heteroatoms. The number of nitrogens with one attached hydrogen (secondary N) is 1. The van der Waals surface area contributed by atoms with Crippen molar-refractivity contribution in [2.75, 3.05) is 11.9 Å². The number of halogens is 1. The highest BCUT2D eigenvalue weighted by Crippen LogP contribution is 2.34. The van der Waals surface area contributed by atoms with Crippen molar-refractivity contribution in [1.29, 1.82) is 0 Å². The third-order valence-corrected chi connectivity index (χ3v) is 5.00. The van der Waals surface area contributed by atoms with E-state index in [1.165, 1.54) is 0 Å². The molecule has 5 nitrogen and oxygen atoms in total. The van der Waals surface area contributed by atoms with E-state index in [0.717, 1.165) is 21.3 Å². The molecule has 3 aromatic rings. The maximum absolute atomic E-state index is 11.0. The first kappa shape index (κ1) is 20.7. The molecule has 0 spiro atoms. The first-order chi connectivity index (χ1) is 14.1. The Morgan fingerprint density at radius 1 is 1.00 bits per heavy atom. The summed E-state index contributed by atoms with van der Waals surface area (Å²) in [5, 5.41) is 12.3. The van der Waals surface area contributed by atoms with E-state index in [0.29, 0.717) is 31.3 Å².